The lowest BCUT2D eigenvalue weighted by Crippen LogP contribution is -2.46. The highest BCUT2D eigenvalue weighted by molar-refractivity contribution is 7.99. The number of benzene rings is 1. The number of nitrogens with zero attached hydrogens (tertiary/aromatic N) is 1. The topological polar surface area (TPSA) is 180 Å². The minimum absolute atomic E-state index is 0.0864. The number of hydrogen-bond donors (Lipinski definition) is 6. The summed E-state index contributed by atoms with van der Waals surface area (Å²) in [5.41, 5.74) is 14.7. The highest BCUT2D eigenvalue weighted by atomic mass is 32.2. The largest absolute Gasteiger partial charge is 0.481 e. The summed E-state index contributed by atoms with van der Waals surface area (Å²) in [4.78, 5) is 38.3. The molecule has 8 N–H and O–H groups in total. The molecule has 0 radical (unpaired) electrons. The maximum atomic E-state index is 12.0. The van der Waals surface area contributed by atoms with Crippen molar-refractivity contribution in [2.45, 2.75) is 64.0 Å². The molecule has 0 aliphatic rings. The van der Waals surface area contributed by atoms with E-state index in [9.17, 15) is 14.4 Å². The highest BCUT2D eigenvalue weighted by Gasteiger charge is 2.21. The summed E-state index contributed by atoms with van der Waals surface area (Å²) in [5.74, 6) is -1.18. The summed E-state index contributed by atoms with van der Waals surface area (Å²) in [5, 5.41) is 19.9. The van der Waals surface area contributed by atoms with Gasteiger partial charge in [0, 0.05) is 6.42 Å². The van der Waals surface area contributed by atoms with Crippen LogP contribution in [0.5, 0.6) is 0 Å². The molecule has 11 heteroatoms. The minimum atomic E-state index is -1.08. The van der Waals surface area contributed by atoms with Gasteiger partial charge in [-0.25, -0.2) is 10.5 Å². The first-order valence-electron chi connectivity index (χ1n) is 11.0. The molecule has 0 saturated heterocycles. The van der Waals surface area contributed by atoms with Gasteiger partial charge in [-0.05, 0) is 42.6 Å². The number of amides is 2. The van der Waals surface area contributed by atoms with E-state index >= 15 is 0 Å². The molecule has 0 aliphatic carbocycles. The number of hydrogen-bond acceptors (Lipinski definition) is 6. The molecule has 33 heavy (non-hydrogen) atoms. The number of hydroxylamine groups is 1. The molecular formula is C22H35N5O5S. The molecule has 0 unspecified atom stereocenters. The second-order valence-electron chi connectivity index (χ2n) is 7.61. The third kappa shape index (κ3) is 13.4. The molecule has 184 valence electrons. The normalized spacial score (nSPS) is 11.4. The van der Waals surface area contributed by atoms with E-state index in [0.717, 1.165) is 49.8 Å². The monoisotopic (exact) mass is 481 g/mol. The van der Waals surface area contributed by atoms with Gasteiger partial charge in [-0.2, -0.15) is 11.8 Å². The molecule has 2 amide bonds. The van der Waals surface area contributed by atoms with Crippen molar-refractivity contribution in [2.24, 2.45) is 16.5 Å². The third-order valence-electron chi connectivity index (χ3n) is 4.93. The number of nitrogens with one attached hydrogen (secondary N) is 2. The van der Waals surface area contributed by atoms with Crippen LogP contribution in [0.1, 0.15) is 56.1 Å². The molecule has 0 fully saturated rings. The molecule has 1 aromatic carbocycles. The van der Waals surface area contributed by atoms with Gasteiger partial charge in [0.1, 0.15) is 6.04 Å². The van der Waals surface area contributed by atoms with Gasteiger partial charge >= 0.3 is 5.97 Å². The molecule has 1 rings (SSSR count). The first-order chi connectivity index (χ1) is 15.8. The number of aliphatic carboxylic acids is 1. The Balaban J connectivity index is 2.16. The van der Waals surface area contributed by atoms with Crippen molar-refractivity contribution in [2.75, 3.05) is 11.5 Å². The number of carbonyl (C=O) groups excluding carboxylic acids is 2. The standard InChI is InChI=1S/C22H35N5O5S/c23-22(24)25-14-17-10-6-5-9-16(17)8-4-2-1-3-7-13-33-15-19(28)26-18(21(31)27-32)11-12-20(29)30/h5-6,9-10,18,32H,1-4,7-8,11-15H2,(H,26,28)(H,27,31)(H,29,30)(H4,23,24,25)/t18-/m1/s1. The molecular weight excluding hydrogens is 446 g/mol. The van der Waals surface area contributed by atoms with Crippen LogP contribution in [0.15, 0.2) is 29.3 Å². The van der Waals surface area contributed by atoms with E-state index in [0.29, 0.717) is 6.54 Å². The second-order valence-corrected chi connectivity index (χ2v) is 8.71. The number of carboxylic acids is 1. The van der Waals surface area contributed by atoms with Gasteiger partial charge in [-0.3, -0.25) is 19.6 Å². The van der Waals surface area contributed by atoms with E-state index in [1.807, 2.05) is 18.2 Å². The highest BCUT2D eigenvalue weighted by Crippen LogP contribution is 2.15. The van der Waals surface area contributed by atoms with E-state index in [-0.39, 0.29) is 30.5 Å². The maximum absolute atomic E-state index is 12.0. The lowest BCUT2D eigenvalue weighted by atomic mass is 10.0. The van der Waals surface area contributed by atoms with E-state index in [2.05, 4.69) is 16.4 Å². The molecule has 1 atom stereocenters. The Morgan fingerprint density at radius 1 is 1.03 bits per heavy atom. The van der Waals surface area contributed by atoms with Gasteiger partial charge in [-0.1, -0.05) is 43.5 Å². The van der Waals surface area contributed by atoms with Crippen molar-refractivity contribution in [1.82, 2.24) is 10.8 Å². The van der Waals surface area contributed by atoms with Crippen LogP contribution in [-0.2, 0) is 27.3 Å². The summed E-state index contributed by atoms with van der Waals surface area (Å²) in [7, 11) is 0. The molecule has 0 saturated carbocycles. The first-order valence-corrected chi connectivity index (χ1v) is 12.1. The van der Waals surface area contributed by atoms with Crippen molar-refractivity contribution >= 4 is 35.5 Å². The van der Waals surface area contributed by atoms with Gasteiger partial charge in [0.2, 0.25) is 5.91 Å². The lowest BCUT2D eigenvalue weighted by molar-refractivity contribution is -0.138. The number of carboxylic acid groups (broad SMARTS) is 1. The zero-order valence-corrected chi connectivity index (χ0v) is 19.6. The number of aryl methyl sites for hydroxylation is 1. The summed E-state index contributed by atoms with van der Waals surface area (Å²) in [6, 6.07) is 7.09. The quantitative estimate of drug-likeness (QED) is 0.0637. The smallest absolute Gasteiger partial charge is 0.303 e. The average molecular weight is 482 g/mol. The van der Waals surface area contributed by atoms with Gasteiger partial charge < -0.3 is 21.9 Å². The van der Waals surface area contributed by atoms with Gasteiger partial charge in [0.25, 0.3) is 5.91 Å². The van der Waals surface area contributed by atoms with Crippen molar-refractivity contribution < 1.29 is 24.7 Å². The minimum Gasteiger partial charge on any atom is -0.481 e. The first kappa shape index (κ1) is 28.2. The van der Waals surface area contributed by atoms with Crippen LogP contribution in [0.4, 0.5) is 0 Å². The number of thioether (sulfide) groups is 1. The van der Waals surface area contributed by atoms with Crippen molar-refractivity contribution in [3.63, 3.8) is 0 Å². The Hall–Kier alpha value is -2.79. The summed E-state index contributed by atoms with van der Waals surface area (Å²) in [6.45, 7) is 0.494. The Morgan fingerprint density at radius 3 is 2.36 bits per heavy atom. The van der Waals surface area contributed by atoms with Crippen LogP contribution in [-0.4, -0.2) is 51.6 Å². The van der Waals surface area contributed by atoms with Crippen LogP contribution in [0.2, 0.25) is 0 Å². The van der Waals surface area contributed by atoms with Crippen molar-refractivity contribution in [3.8, 4) is 0 Å². The number of guanidine groups is 1. The van der Waals surface area contributed by atoms with Gasteiger partial charge in [0.15, 0.2) is 5.96 Å². The number of carbonyl (C=O) groups is 3. The number of unbranched alkanes of at least 4 members (excludes halogenated alkanes) is 4. The van der Waals surface area contributed by atoms with E-state index < -0.39 is 17.9 Å². The number of nitrogens with two attached hydrogens (primary N) is 2. The molecule has 0 heterocycles. The van der Waals surface area contributed by atoms with Gasteiger partial charge in [-0.15, -0.1) is 0 Å². The molecule has 0 aromatic heterocycles. The summed E-state index contributed by atoms with van der Waals surface area (Å²) in [6.07, 6.45) is 5.97. The maximum Gasteiger partial charge on any atom is 0.303 e. The molecule has 0 bridgehead atoms. The predicted molar refractivity (Wildman–Crippen MR) is 129 cm³/mol. The Labute approximate surface area is 198 Å². The van der Waals surface area contributed by atoms with Crippen LogP contribution in [0.25, 0.3) is 0 Å². The molecule has 1 aromatic rings. The fourth-order valence-corrected chi connectivity index (χ4v) is 4.02. The average Bonchev–Trinajstić information content (AvgIpc) is 2.79. The van der Waals surface area contributed by atoms with Crippen LogP contribution in [0, 0.1) is 0 Å². The molecule has 10 nitrogen and oxygen atoms in total. The number of aliphatic imine (C=N–C) groups is 1. The Bertz CT molecular complexity index is 786. The lowest BCUT2D eigenvalue weighted by Gasteiger charge is -2.15. The van der Waals surface area contributed by atoms with E-state index in [4.69, 9.17) is 21.8 Å². The fraction of sp³-hybridized carbons (Fsp3) is 0.545. The van der Waals surface area contributed by atoms with E-state index in [1.165, 1.54) is 22.8 Å². The van der Waals surface area contributed by atoms with Crippen LogP contribution >= 0.6 is 11.8 Å². The number of rotatable bonds is 17. The summed E-state index contributed by atoms with van der Waals surface area (Å²) < 4.78 is 0. The second kappa shape index (κ2) is 16.8. The summed E-state index contributed by atoms with van der Waals surface area (Å²) >= 11 is 1.46. The Kier molecular flexibility index (Phi) is 14.4. The van der Waals surface area contributed by atoms with Crippen LogP contribution in [0.3, 0.4) is 0 Å². The fourth-order valence-electron chi connectivity index (χ4n) is 3.20. The third-order valence-corrected chi connectivity index (χ3v) is 5.97. The van der Waals surface area contributed by atoms with Crippen molar-refractivity contribution in [1.29, 1.82) is 0 Å². The zero-order chi connectivity index (χ0) is 24.5. The van der Waals surface area contributed by atoms with Crippen LogP contribution < -0.4 is 22.3 Å². The predicted octanol–water partition coefficient (Wildman–Crippen LogP) is 1.54. The SMILES string of the molecule is NC(N)=NCc1ccccc1CCCCCCCSCC(=O)N[C@H](CCC(=O)O)C(=O)NO. The van der Waals surface area contributed by atoms with E-state index in [1.54, 1.807) is 0 Å². The molecule has 0 aliphatic heterocycles. The Morgan fingerprint density at radius 2 is 1.70 bits per heavy atom. The molecule has 0 spiro atoms. The van der Waals surface area contributed by atoms with Crippen molar-refractivity contribution in [3.05, 3.63) is 35.4 Å². The zero-order valence-electron chi connectivity index (χ0n) is 18.8. The van der Waals surface area contributed by atoms with Gasteiger partial charge in [0.05, 0.1) is 12.3 Å².